The van der Waals surface area contributed by atoms with Gasteiger partial charge in [-0.25, -0.2) is 0 Å². The molecule has 0 aromatic carbocycles. The first-order valence-corrected chi connectivity index (χ1v) is 10.2. The number of fused-ring (bicyclic) bond motifs is 5. The Hall–Kier alpha value is -1.18. The van der Waals surface area contributed by atoms with Crippen LogP contribution in [0.1, 0.15) is 66.2 Å². The standard InChI is InChI=1S/C23H32O2/c1-14(2)11-15-12-20-18-6-5-16-13-17(24)7-9-22(16,3)19(18)8-10-23(20,4)21(15)25/h5-6,13-15,18-20H,7-12H2,1-4H3/t15-,18?,19?,20?,22+,23+/m1/s1. The molecule has 2 fully saturated rings. The molecule has 0 heterocycles. The molecule has 3 unspecified atom stereocenters. The average molecular weight is 341 g/mol. The molecule has 0 amide bonds. The Bertz CT molecular complexity index is 670. The van der Waals surface area contributed by atoms with E-state index in [9.17, 15) is 9.59 Å². The van der Waals surface area contributed by atoms with Gasteiger partial charge < -0.3 is 0 Å². The van der Waals surface area contributed by atoms with Gasteiger partial charge in [0.2, 0.25) is 0 Å². The van der Waals surface area contributed by atoms with Crippen molar-refractivity contribution in [2.24, 2.45) is 40.4 Å². The number of hydrogen-bond donors (Lipinski definition) is 0. The smallest absolute Gasteiger partial charge is 0.156 e. The van der Waals surface area contributed by atoms with Gasteiger partial charge in [-0.3, -0.25) is 9.59 Å². The Kier molecular flexibility index (Phi) is 3.90. The molecule has 25 heavy (non-hydrogen) atoms. The maximum Gasteiger partial charge on any atom is 0.156 e. The molecule has 2 nitrogen and oxygen atoms in total. The second-order valence-electron chi connectivity index (χ2n) is 10.0. The summed E-state index contributed by atoms with van der Waals surface area (Å²) >= 11 is 0. The molecule has 0 aromatic rings. The van der Waals surface area contributed by atoms with Crippen LogP contribution in [0.5, 0.6) is 0 Å². The summed E-state index contributed by atoms with van der Waals surface area (Å²) < 4.78 is 0. The van der Waals surface area contributed by atoms with Crippen LogP contribution in [0.4, 0.5) is 0 Å². The van der Waals surface area contributed by atoms with Gasteiger partial charge in [0.15, 0.2) is 5.78 Å². The molecule has 0 aromatic heterocycles. The van der Waals surface area contributed by atoms with Gasteiger partial charge in [0.25, 0.3) is 0 Å². The normalized spacial score (nSPS) is 45.9. The van der Waals surface area contributed by atoms with Gasteiger partial charge in [-0.1, -0.05) is 39.8 Å². The molecule has 0 aliphatic heterocycles. The first-order valence-electron chi connectivity index (χ1n) is 10.2. The van der Waals surface area contributed by atoms with Crippen LogP contribution < -0.4 is 0 Å². The van der Waals surface area contributed by atoms with Gasteiger partial charge in [0.1, 0.15) is 5.78 Å². The predicted octanol–water partition coefficient (Wildman–Crippen LogP) is 5.14. The van der Waals surface area contributed by atoms with Gasteiger partial charge in [-0.2, -0.15) is 0 Å². The van der Waals surface area contributed by atoms with E-state index in [1.165, 1.54) is 5.57 Å². The minimum Gasteiger partial charge on any atom is -0.299 e. The average Bonchev–Trinajstić information content (AvgIpc) is 2.79. The first kappa shape index (κ1) is 17.2. The number of ketones is 2. The summed E-state index contributed by atoms with van der Waals surface area (Å²) in [6.07, 6.45) is 12.4. The van der Waals surface area contributed by atoms with E-state index >= 15 is 0 Å². The molecule has 0 bridgehead atoms. The minimum absolute atomic E-state index is 0.118. The first-order chi connectivity index (χ1) is 11.8. The molecule has 136 valence electrons. The van der Waals surface area contributed by atoms with Crippen molar-refractivity contribution in [1.29, 1.82) is 0 Å². The zero-order valence-electron chi connectivity index (χ0n) is 16.2. The van der Waals surface area contributed by atoms with Crippen molar-refractivity contribution in [1.82, 2.24) is 0 Å². The summed E-state index contributed by atoms with van der Waals surface area (Å²) in [4.78, 5) is 25.1. The molecule has 0 saturated heterocycles. The van der Waals surface area contributed by atoms with Crippen LogP contribution >= 0.6 is 0 Å². The summed E-state index contributed by atoms with van der Waals surface area (Å²) in [5.74, 6) is 3.28. The number of hydrogen-bond acceptors (Lipinski definition) is 2. The predicted molar refractivity (Wildman–Crippen MR) is 100.0 cm³/mol. The number of carbonyl (C=O) groups excluding carboxylic acids is 2. The summed E-state index contributed by atoms with van der Waals surface area (Å²) in [5, 5.41) is 0. The summed E-state index contributed by atoms with van der Waals surface area (Å²) in [6.45, 7) is 9.09. The number of allylic oxidation sites excluding steroid dienone is 4. The molecule has 0 radical (unpaired) electrons. The van der Waals surface area contributed by atoms with E-state index in [-0.39, 0.29) is 22.5 Å². The van der Waals surface area contributed by atoms with Gasteiger partial charge in [-0.05, 0) is 72.8 Å². The largest absolute Gasteiger partial charge is 0.299 e. The Morgan fingerprint density at radius 1 is 1.12 bits per heavy atom. The van der Waals surface area contributed by atoms with Crippen molar-refractivity contribution in [2.45, 2.75) is 66.2 Å². The lowest BCUT2D eigenvalue weighted by Crippen LogP contribution is -2.49. The van der Waals surface area contributed by atoms with E-state index in [0.29, 0.717) is 35.9 Å². The van der Waals surface area contributed by atoms with Gasteiger partial charge in [0.05, 0.1) is 0 Å². The molecule has 0 N–H and O–H groups in total. The molecule has 4 rings (SSSR count). The lowest BCUT2D eigenvalue weighted by Gasteiger charge is -2.54. The maximum atomic E-state index is 13.2. The van der Waals surface area contributed by atoms with Crippen molar-refractivity contribution in [3.8, 4) is 0 Å². The lowest BCUT2D eigenvalue weighted by molar-refractivity contribution is -0.133. The summed E-state index contributed by atoms with van der Waals surface area (Å²) in [5.41, 5.74) is 1.26. The molecular formula is C23H32O2. The van der Waals surface area contributed by atoms with E-state index in [1.807, 2.05) is 6.08 Å². The van der Waals surface area contributed by atoms with Crippen LogP contribution in [0.2, 0.25) is 0 Å². The molecule has 2 heteroatoms. The molecule has 6 atom stereocenters. The van der Waals surface area contributed by atoms with Gasteiger partial charge >= 0.3 is 0 Å². The number of carbonyl (C=O) groups is 2. The van der Waals surface area contributed by atoms with Crippen LogP contribution in [0.25, 0.3) is 0 Å². The molecule has 4 aliphatic carbocycles. The maximum absolute atomic E-state index is 13.2. The highest BCUT2D eigenvalue weighted by molar-refractivity contribution is 5.92. The van der Waals surface area contributed by atoms with Crippen LogP contribution in [-0.2, 0) is 9.59 Å². The fraction of sp³-hybridized carbons (Fsp3) is 0.739. The summed E-state index contributed by atoms with van der Waals surface area (Å²) in [6, 6.07) is 0. The van der Waals surface area contributed by atoms with E-state index < -0.39 is 0 Å². The summed E-state index contributed by atoms with van der Waals surface area (Å²) in [7, 11) is 0. The third-order valence-electron chi connectivity index (χ3n) is 8.13. The van der Waals surface area contributed by atoms with E-state index in [0.717, 1.165) is 32.1 Å². The highest BCUT2D eigenvalue weighted by Gasteiger charge is 2.60. The molecule has 2 saturated carbocycles. The van der Waals surface area contributed by atoms with Crippen molar-refractivity contribution in [3.63, 3.8) is 0 Å². The third-order valence-corrected chi connectivity index (χ3v) is 8.13. The van der Waals surface area contributed by atoms with Gasteiger partial charge in [-0.15, -0.1) is 0 Å². The monoisotopic (exact) mass is 340 g/mol. The molecule has 4 aliphatic rings. The Morgan fingerprint density at radius 3 is 2.60 bits per heavy atom. The Morgan fingerprint density at radius 2 is 1.88 bits per heavy atom. The van der Waals surface area contributed by atoms with Crippen LogP contribution in [0.3, 0.4) is 0 Å². The zero-order chi connectivity index (χ0) is 18.0. The highest BCUT2D eigenvalue weighted by atomic mass is 16.1. The van der Waals surface area contributed by atoms with E-state index in [2.05, 4.69) is 39.8 Å². The second kappa shape index (κ2) is 5.66. The van der Waals surface area contributed by atoms with Crippen molar-refractivity contribution >= 4 is 11.6 Å². The van der Waals surface area contributed by atoms with Crippen molar-refractivity contribution in [2.75, 3.05) is 0 Å². The third kappa shape index (κ3) is 2.43. The SMILES string of the molecule is CC(C)C[C@@H]1CC2C3C=CC4=CC(=O)CC[C@]4(C)C3CC[C@]2(C)C1=O. The highest BCUT2D eigenvalue weighted by Crippen LogP contribution is 2.63. The quantitative estimate of drug-likeness (QED) is 0.698. The zero-order valence-corrected chi connectivity index (χ0v) is 16.2. The van der Waals surface area contributed by atoms with Crippen LogP contribution in [0.15, 0.2) is 23.8 Å². The topological polar surface area (TPSA) is 34.1 Å². The van der Waals surface area contributed by atoms with Crippen LogP contribution in [0, 0.1) is 40.4 Å². The minimum atomic E-state index is -0.118. The second-order valence-corrected chi connectivity index (χ2v) is 10.0. The van der Waals surface area contributed by atoms with Crippen molar-refractivity contribution in [3.05, 3.63) is 23.8 Å². The Labute approximate surface area is 152 Å². The molecule has 0 spiro atoms. The van der Waals surface area contributed by atoms with E-state index in [4.69, 9.17) is 0 Å². The molecular weight excluding hydrogens is 308 g/mol. The van der Waals surface area contributed by atoms with E-state index in [1.54, 1.807) is 0 Å². The Balaban J connectivity index is 1.69. The van der Waals surface area contributed by atoms with Crippen molar-refractivity contribution < 1.29 is 9.59 Å². The fourth-order valence-corrected chi connectivity index (χ4v) is 6.72. The number of Topliss-reactive ketones (excluding diaryl/α,β-unsaturated/α-hetero) is 1. The van der Waals surface area contributed by atoms with Crippen LogP contribution in [-0.4, -0.2) is 11.6 Å². The fourth-order valence-electron chi connectivity index (χ4n) is 6.72. The van der Waals surface area contributed by atoms with Gasteiger partial charge in [0, 0.05) is 17.8 Å². The number of rotatable bonds is 2. The lowest BCUT2D eigenvalue weighted by atomic mass is 9.49.